The minimum atomic E-state index is -0.449. The van der Waals surface area contributed by atoms with Crippen LogP contribution in [0.4, 0.5) is 0 Å². The van der Waals surface area contributed by atoms with Crippen molar-refractivity contribution < 1.29 is 61.9 Å². The van der Waals surface area contributed by atoms with Crippen molar-refractivity contribution in [3.63, 3.8) is 0 Å². The Kier molecular flexibility index (Phi) is 21.6. The van der Waals surface area contributed by atoms with E-state index in [0.717, 1.165) is 131 Å². The molecule has 378 valence electrons. The molecular weight excluding hydrogens is 881 g/mol. The maximum atomic E-state index is 13.9. The number of fused-ring (bicyclic) bond motifs is 1. The molecule has 69 heavy (non-hydrogen) atoms. The lowest BCUT2D eigenvalue weighted by Gasteiger charge is -2.37. The van der Waals surface area contributed by atoms with Gasteiger partial charge in [0.15, 0.2) is 0 Å². The lowest BCUT2D eigenvalue weighted by atomic mass is 9.69. The van der Waals surface area contributed by atoms with Crippen LogP contribution >= 0.6 is 0 Å². The van der Waals surface area contributed by atoms with E-state index in [0.29, 0.717) is 93.7 Å². The Morgan fingerprint density at radius 1 is 0.478 bits per heavy atom. The highest BCUT2D eigenvalue weighted by Gasteiger charge is 2.37. The van der Waals surface area contributed by atoms with E-state index in [2.05, 4.69) is 13.2 Å². The summed E-state index contributed by atoms with van der Waals surface area (Å²) in [6.07, 6.45) is 19.5. The van der Waals surface area contributed by atoms with Gasteiger partial charge in [0.2, 0.25) is 0 Å². The second-order valence-corrected chi connectivity index (χ2v) is 19.6. The fourth-order valence-corrected chi connectivity index (χ4v) is 11.3. The molecule has 0 atom stereocenters. The average molecular weight is 957 g/mol. The third-order valence-electron chi connectivity index (χ3n) is 15.3. The molecule has 4 saturated carbocycles. The van der Waals surface area contributed by atoms with Crippen LogP contribution in [0.1, 0.15) is 141 Å². The molecule has 0 unspecified atom stereocenters. The monoisotopic (exact) mass is 957 g/mol. The molecule has 6 rings (SSSR count). The number of rotatable bonds is 24. The summed E-state index contributed by atoms with van der Waals surface area (Å²) >= 11 is 0. The van der Waals surface area contributed by atoms with Gasteiger partial charge in [-0.15, -0.1) is 0 Å². The minimum absolute atomic E-state index is 0.0766. The molecule has 0 aromatic heterocycles. The van der Waals surface area contributed by atoms with E-state index in [1.807, 2.05) is 25.1 Å². The molecule has 4 aliphatic rings. The molecule has 0 aliphatic heterocycles. The molecule has 0 saturated heterocycles. The largest absolute Gasteiger partial charge is 0.465 e. The van der Waals surface area contributed by atoms with Gasteiger partial charge in [0, 0.05) is 29.5 Å². The van der Waals surface area contributed by atoms with E-state index in [-0.39, 0.29) is 60.8 Å². The van der Waals surface area contributed by atoms with Gasteiger partial charge < -0.3 is 33.2 Å². The topological polar surface area (TPSA) is 167 Å². The lowest BCUT2D eigenvalue weighted by Crippen LogP contribution is -2.31. The molecule has 0 heterocycles. The predicted octanol–water partition coefficient (Wildman–Crippen LogP) is 10.6. The van der Waals surface area contributed by atoms with Gasteiger partial charge >= 0.3 is 35.8 Å². The third kappa shape index (κ3) is 16.0. The quantitative estimate of drug-likeness (QED) is 0.0321. The maximum Gasteiger partial charge on any atom is 0.330 e. The normalized spacial score (nSPS) is 24.8. The van der Waals surface area contributed by atoms with E-state index in [4.69, 9.17) is 33.2 Å². The summed E-state index contributed by atoms with van der Waals surface area (Å²) in [6.45, 7) is 11.0. The number of carbonyl (C=O) groups is 6. The van der Waals surface area contributed by atoms with Gasteiger partial charge in [0.25, 0.3) is 0 Å². The molecule has 0 spiro atoms. The molecule has 13 nitrogen and oxygen atoms in total. The Bertz CT molecular complexity index is 2030. The van der Waals surface area contributed by atoms with Gasteiger partial charge in [0.05, 0.1) is 56.7 Å². The van der Waals surface area contributed by atoms with Gasteiger partial charge in [-0.25, -0.2) is 9.59 Å². The number of hydrogen-bond acceptors (Lipinski definition) is 13. The number of esters is 6. The number of carbonyl (C=O) groups excluding carboxylic acids is 6. The van der Waals surface area contributed by atoms with E-state index in [1.54, 1.807) is 12.1 Å². The zero-order valence-corrected chi connectivity index (χ0v) is 41.0. The summed E-state index contributed by atoms with van der Waals surface area (Å²) < 4.78 is 39.2. The Labute approximate surface area is 408 Å². The van der Waals surface area contributed by atoms with Crippen LogP contribution in [-0.2, 0) is 58.9 Å². The lowest BCUT2D eigenvalue weighted by molar-refractivity contribution is -0.151. The fourth-order valence-electron chi connectivity index (χ4n) is 11.3. The van der Waals surface area contributed by atoms with Crippen LogP contribution < -0.4 is 9.47 Å². The number of hydrogen-bond donors (Lipinski definition) is 0. The van der Waals surface area contributed by atoms with Crippen LogP contribution in [0.15, 0.2) is 55.6 Å². The summed E-state index contributed by atoms with van der Waals surface area (Å²) in [7, 11) is 0. The van der Waals surface area contributed by atoms with Crippen molar-refractivity contribution in [3.05, 3.63) is 61.2 Å². The molecule has 2 aromatic rings. The molecular formula is C56H76O13. The van der Waals surface area contributed by atoms with Crippen molar-refractivity contribution in [3.8, 4) is 11.5 Å². The molecule has 4 aliphatic carbocycles. The summed E-state index contributed by atoms with van der Waals surface area (Å²) in [5.41, 5.74) is 0.962. The van der Waals surface area contributed by atoms with Crippen LogP contribution in [0.3, 0.4) is 0 Å². The van der Waals surface area contributed by atoms with Gasteiger partial charge in [-0.05, 0) is 183 Å². The predicted molar refractivity (Wildman–Crippen MR) is 260 cm³/mol. The van der Waals surface area contributed by atoms with Crippen molar-refractivity contribution in [1.82, 2.24) is 0 Å². The zero-order valence-electron chi connectivity index (χ0n) is 41.0. The van der Waals surface area contributed by atoms with Gasteiger partial charge in [-0.1, -0.05) is 31.4 Å². The van der Waals surface area contributed by atoms with Gasteiger partial charge in [-0.3, -0.25) is 19.2 Å². The second kappa shape index (κ2) is 28.0. The molecule has 0 N–H and O–H groups in total. The Morgan fingerprint density at radius 3 is 1.26 bits per heavy atom. The molecule has 0 bridgehead atoms. The highest BCUT2D eigenvalue weighted by atomic mass is 16.6. The zero-order chi connectivity index (χ0) is 49.0. The highest BCUT2D eigenvalue weighted by molar-refractivity contribution is 5.98. The second-order valence-electron chi connectivity index (χ2n) is 19.6. The van der Waals surface area contributed by atoms with Crippen LogP contribution in [0.25, 0.3) is 10.8 Å². The Morgan fingerprint density at radius 2 is 0.855 bits per heavy atom. The first kappa shape index (κ1) is 53.3. The van der Waals surface area contributed by atoms with E-state index in [9.17, 15) is 28.8 Å². The van der Waals surface area contributed by atoms with Crippen molar-refractivity contribution in [2.24, 2.45) is 47.3 Å². The summed E-state index contributed by atoms with van der Waals surface area (Å²) in [5.74, 6) is 0.851. The van der Waals surface area contributed by atoms with Gasteiger partial charge in [-0.2, -0.15) is 0 Å². The highest BCUT2D eigenvalue weighted by Crippen LogP contribution is 2.45. The first-order valence-corrected chi connectivity index (χ1v) is 26.1. The molecule has 4 fully saturated rings. The van der Waals surface area contributed by atoms with Crippen LogP contribution in [-0.4, -0.2) is 75.5 Å². The fraction of sp³-hybridized carbons (Fsp3) is 0.643. The summed E-state index contributed by atoms with van der Waals surface area (Å²) in [6, 6.07) is 9.43. The van der Waals surface area contributed by atoms with E-state index < -0.39 is 11.9 Å². The summed E-state index contributed by atoms with van der Waals surface area (Å²) in [4.78, 5) is 75.5. The van der Waals surface area contributed by atoms with Crippen molar-refractivity contribution in [2.75, 3.05) is 39.6 Å². The molecule has 13 heteroatoms. The van der Waals surface area contributed by atoms with Crippen molar-refractivity contribution >= 4 is 46.6 Å². The summed E-state index contributed by atoms with van der Waals surface area (Å²) in [5, 5.41) is 1.50. The SMILES string of the molecule is C=CC(=O)OCCCCOC(=O)C1CCC(C2CCC(C(=O)Oc3ccc(OC(=O)C4CCC(C5CCC(C(=O)OCCCCOC(=O)C=C)CC5)CC4)c4c(CCOCC)cccc34)CC2)CC1. The van der Waals surface area contributed by atoms with Crippen molar-refractivity contribution in [1.29, 1.82) is 0 Å². The number of ether oxygens (including phenoxy) is 7. The Hall–Kier alpha value is -5.04. The van der Waals surface area contributed by atoms with Crippen LogP contribution in [0.5, 0.6) is 11.5 Å². The first-order valence-electron chi connectivity index (χ1n) is 26.1. The van der Waals surface area contributed by atoms with E-state index in [1.165, 1.54) is 0 Å². The van der Waals surface area contributed by atoms with E-state index >= 15 is 0 Å². The minimum Gasteiger partial charge on any atom is -0.465 e. The standard InChI is InChI=1S/C56H76O13/c1-4-50(57)64-33-7-9-35-66-53(59)43-22-14-38(15-23-43)40-18-26-45(27-19-40)55(61)68-48-30-31-49(52-42(32-37-63-6-3)12-11-13-47(48)52)69-56(62)46-28-20-41(21-29-46)39-16-24-44(25-17-39)54(60)67-36-10-8-34-65-51(58)5-2/h4-5,11-13,30-31,38-41,43-46H,1-2,6-10,14-29,32-37H2,3H3. The number of benzene rings is 2. The third-order valence-corrected chi connectivity index (χ3v) is 15.3. The number of unbranched alkanes of at least 4 members (excludes halogenated alkanes) is 2. The Balaban J connectivity index is 0.949. The van der Waals surface area contributed by atoms with Crippen LogP contribution in [0.2, 0.25) is 0 Å². The smallest absolute Gasteiger partial charge is 0.330 e. The van der Waals surface area contributed by atoms with Gasteiger partial charge in [0.1, 0.15) is 11.5 Å². The molecule has 0 radical (unpaired) electrons. The molecule has 2 aromatic carbocycles. The van der Waals surface area contributed by atoms with Crippen LogP contribution in [0, 0.1) is 47.3 Å². The first-order chi connectivity index (χ1) is 33.6. The molecule has 0 amide bonds. The maximum absolute atomic E-state index is 13.9. The average Bonchev–Trinajstić information content (AvgIpc) is 3.38. The van der Waals surface area contributed by atoms with Crippen molar-refractivity contribution in [2.45, 2.75) is 142 Å².